The lowest BCUT2D eigenvalue weighted by Crippen LogP contribution is -2.52. The molecule has 8 heteroatoms. The summed E-state index contributed by atoms with van der Waals surface area (Å²) in [6.07, 6.45) is 1.84. The van der Waals surface area contributed by atoms with Crippen LogP contribution in [0.15, 0.2) is 18.3 Å². The quantitative estimate of drug-likeness (QED) is 0.696. The molecule has 0 spiro atoms. The third kappa shape index (κ3) is 3.52. The van der Waals surface area contributed by atoms with Gasteiger partial charge >= 0.3 is 0 Å². The summed E-state index contributed by atoms with van der Waals surface area (Å²) in [5.41, 5.74) is 0.679. The number of aryl methyl sites for hydroxylation is 1. The Morgan fingerprint density at radius 3 is 2.33 bits per heavy atom. The van der Waals surface area contributed by atoms with E-state index in [9.17, 15) is 13.2 Å². The van der Waals surface area contributed by atoms with Crippen LogP contribution in [0, 0.1) is 0 Å². The molecule has 0 aromatic carbocycles. The van der Waals surface area contributed by atoms with Gasteiger partial charge < -0.3 is 4.57 Å². The molecule has 0 N–H and O–H groups in total. The van der Waals surface area contributed by atoms with Crippen molar-refractivity contribution in [1.29, 1.82) is 0 Å². The molecule has 0 atom stereocenters. The molecule has 1 aliphatic heterocycles. The van der Waals surface area contributed by atoms with E-state index < -0.39 is 10.2 Å². The van der Waals surface area contributed by atoms with Gasteiger partial charge in [0.25, 0.3) is 10.2 Å². The van der Waals surface area contributed by atoms with Gasteiger partial charge in [0.15, 0.2) is 5.78 Å². The number of carbonyl (C=O) groups excluding carboxylic acids is 1. The Labute approximate surface area is 125 Å². The fourth-order valence-corrected chi connectivity index (χ4v) is 3.47. The molecule has 0 radical (unpaired) electrons. The minimum Gasteiger partial charge on any atom is -0.348 e. The normalized spacial score (nSPS) is 18.3. The van der Waals surface area contributed by atoms with Gasteiger partial charge in [-0.3, -0.25) is 9.69 Å². The topological polar surface area (TPSA) is 65.9 Å². The van der Waals surface area contributed by atoms with Gasteiger partial charge in [-0.2, -0.15) is 17.0 Å². The zero-order valence-electron chi connectivity index (χ0n) is 12.7. The molecular formula is C13H22N4O3S. The van der Waals surface area contributed by atoms with E-state index in [2.05, 4.69) is 0 Å². The Morgan fingerprint density at radius 1 is 1.24 bits per heavy atom. The van der Waals surface area contributed by atoms with Crippen molar-refractivity contribution in [2.45, 2.75) is 0 Å². The molecule has 0 amide bonds. The standard InChI is InChI=1S/C13H22N4O3S/c1-14(2)21(19,20)17-9-7-16(8-10-17)11-13(18)12-5-4-6-15(12)3/h4-6H,7-11H2,1-3H3. The first kappa shape index (κ1) is 16.2. The molecule has 2 rings (SSSR count). The third-order valence-electron chi connectivity index (χ3n) is 3.72. The summed E-state index contributed by atoms with van der Waals surface area (Å²) in [7, 11) is 1.55. The number of hydrogen-bond donors (Lipinski definition) is 0. The maximum Gasteiger partial charge on any atom is 0.281 e. The second-order valence-electron chi connectivity index (χ2n) is 5.39. The summed E-state index contributed by atoms with van der Waals surface area (Å²) in [6.45, 7) is 2.31. The second kappa shape index (κ2) is 6.27. The zero-order chi connectivity index (χ0) is 15.6. The summed E-state index contributed by atoms with van der Waals surface area (Å²) in [5, 5.41) is 0. The zero-order valence-corrected chi connectivity index (χ0v) is 13.5. The van der Waals surface area contributed by atoms with Crippen molar-refractivity contribution in [2.24, 2.45) is 7.05 Å². The van der Waals surface area contributed by atoms with Gasteiger partial charge in [-0.1, -0.05) is 0 Å². The Hall–Kier alpha value is -1.22. The molecule has 2 heterocycles. The van der Waals surface area contributed by atoms with E-state index in [-0.39, 0.29) is 5.78 Å². The number of aromatic nitrogens is 1. The van der Waals surface area contributed by atoms with Crippen LogP contribution in [0.5, 0.6) is 0 Å². The van der Waals surface area contributed by atoms with Crippen molar-refractivity contribution in [3.8, 4) is 0 Å². The van der Waals surface area contributed by atoms with Crippen LogP contribution in [-0.2, 0) is 17.3 Å². The Kier molecular flexibility index (Phi) is 4.82. The molecule has 1 aromatic rings. The van der Waals surface area contributed by atoms with Crippen molar-refractivity contribution in [1.82, 2.24) is 18.1 Å². The van der Waals surface area contributed by atoms with Crippen LogP contribution in [0.2, 0.25) is 0 Å². The molecule has 1 aliphatic rings. The van der Waals surface area contributed by atoms with Crippen molar-refractivity contribution in [3.05, 3.63) is 24.0 Å². The predicted molar refractivity (Wildman–Crippen MR) is 80.4 cm³/mol. The van der Waals surface area contributed by atoms with Crippen molar-refractivity contribution < 1.29 is 13.2 Å². The highest BCUT2D eigenvalue weighted by atomic mass is 32.2. The van der Waals surface area contributed by atoms with Gasteiger partial charge in [0.1, 0.15) is 0 Å². The Bertz CT molecular complexity index is 601. The number of ketones is 1. The van der Waals surface area contributed by atoms with Crippen LogP contribution in [0.25, 0.3) is 0 Å². The van der Waals surface area contributed by atoms with Gasteiger partial charge in [0.05, 0.1) is 12.2 Å². The molecular weight excluding hydrogens is 292 g/mol. The lowest BCUT2D eigenvalue weighted by Gasteiger charge is -2.34. The largest absolute Gasteiger partial charge is 0.348 e. The van der Waals surface area contributed by atoms with E-state index in [4.69, 9.17) is 0 Å². The molecule has 118 valence electrons. The SMILES string of the molecule is CN(C)S(=O)(=O)N1CCN(CC(=O)c2cccn2C)CC1. The summed E-state index contributed by atoms with van der Waals surface area (Å²) in [6, 6.07) is 3.64. The Balaban J connectivity index is 1.91. The number of piperazine rings is 1. The van der Waals surface area contributed by atoms with Gasteiger partial charge in [-0.05, 0) is 12.1 Å². The van der Waals surface area contributed by atoms with Gasteiger partial charge in [0.2, 0.25) is 0 Å². The minimum absolute atomic E-state index is 0.0615. The van der Waals surface area contributed by atoms with Crippen LogP contribution >= 0.6 is 0 Å². The monoisotopic (exact) mass is 314 g/mol. The molecule has 0 saturated carbocycles. The molecule has 0 aliphatic carbocycles. The van der Waals surface area contributed by atoms with Crippen LogP contribution in [-0.4, -0.2) is 79.1 Å². The molecule has 1 aromatic heterocycles. The highest BCUT2D eigenvalue weighted by molar-refractivity contribution is 7.86. The number of carbonyl (C=O) groups is 1. The number of rotatable bonds is 5. The van der Waals surface area contributed by atoms with Gasteiger partial charge in [0, 0.05) is 53.5 Å². The highest BCUT2D eigenvalue weighted by Gasteiger charge is 2.29. The summed E-state index contributed by atoms with van der Waals surface area (Å²) < 4.78 is 28.5. The lowest BCUT2D eigenvalue weighted by atomic mass is 10.2. The van der Waals surface area contributed by atoms with E-state index in [0.717, 1.165) is 0 Å². The molecule has 0 unspecified atom stereocenters. The highest BCUT2D eigenvalue weighted by Crippen LogP contribution is 2.10. The first-order valence-electron chi connectivity index (χ1n) is 6.87. The first-order valence-corrected chi connectivity index (χ1v) is 8.26. The fraction of sp³-hybridized carbons (Fsp3) is 0.615. The molecule has 1 saturated heterocycles. The second-order valence-corrected chi connectivity index (χ2v) is 7.54. The van der Waals surface area contributed by atoms with E-state index >= 15 is 0 Å². The summed E-state index contributed by atoms with van der Waals surface area (Å²) in [4.78, 5) is 14.2. The average molecular weight is 314 g/mol. The van der Waals surface area contributed by atoms with E-state index in [1.807, 2.05) is 24.2 Å². The number of hydrogen-bond acceptors (Lipinski definition) is 4. The average Bonchev–Trinajstić information content (AvgIpc) is 2.85. The summed E-state index contributed by atoms with van der Waals surface area (Å²) >= 11 is 0. The van der Waals surface area contributed by atoms with Crippen LogP contribution in [0.1, 0.15) is 10.5 Å². The van der Waals surface area contributed by atoms with Crippen molar-refractivity contribution >= 4 is 16.0 Å². The smallest absolute Gasteiger partial charge is 0.281 e. The van der Waals surface area contributed by atoms with E-state index in [1.54, 1.807) is 10.6 Å². The first-order chi connectivity index (χ1) is 9.82. The number of nitrogens with zero attached hydrogens (tertiary/aromatic N) is 4. The fourth-order valence-electron chi connectivity index (χ4n) is 2.38. The van der Waals surface area contributed by atoms with Gasteiger partial charge in [-0.25, -0.2) is 0 Å². The third-order valence-corrected chi connectivity index (χ3v) is 5.66. The number of Topliss-reactive ketones (excluding diaryl/α,β-unsaturated/α-hetero) is 1. The minimum atomic E-state index is -3.35. The summed E-state index contributed by atoms with van der Waals surface area (Å²) in [5.74, 6) is 0.0615. The van der Waals surface area contributed by atoms with Gasteiger partial charge in [-0.15, -0.1) is 0 Å². The Morgan fingerprint density at radius 2 is 1.86 bits per heavy atom. The maximum atomic E-state index is 12.2. The maximum absolute atomic E-state index is 12.2. The van der Waals surface area contributed by atoms with Crippen LogP contribution in [0.4, 0.5) is 0 Å². The molecule has 0 bridgehead atoms. The van der Waals surface area contributed by atoms with Crippen LogP contribution < -0.4 is 0 Å². The van der Waals surface area contributed by atoms with E-state index in [0.29, 0.717) is 38.4 Å². The molecule has 1 fully saturated rings. The molecule has 21 heavy (non-hydrogen) atoms. The molecule has 7 nitrogen and oxygen atoms in total. The lowest BCUT2D eigenvalue weighted by molar-refractivity contribution is 0.0892. The van der Waals surface area contributed by atoms with E-state index in [1.165, 1.54) is 22.7 Å². The van der Waals surface area contributed by atoms with Crippen molar-refractivity contribution in [2.75, 3.05) is 46.8 Å². The van der Waals surface area contributed by atoms with Crippen LogP contribution in [0.3, 0.4) is 0 Å². The predicted octanol–water partition coefficient (Wildman–Crippen LogP) is -0.368. The van der Waals surface area contributed by atoms with Crippen molar-refractivity contribution in [3.63, 3.8) is 0 Å².